The summed E-state index contributed by atoms with van der Waals surface area (Å²) >= 11 is 1.87. The summed E-state index contributed by atoms with van der Waals surface area (Å²) in [6.07, 6.45) is 5.43. The van der Waals surface area contributed by atoms with E-state index in [4.69, 9.17) is 4.98 Å². The van der Waals surface area contributed by atoms with E-state index in [0.29, 0.717) is 0 Å². The summed E-state index contributed by atoms with van der Waals surface area (Å²) in [6.45, 7) is 7.82. The Morgan fingerprint density at radius 1 is 1.33 bits per heavy atom. The molecular formula is C14H23N3S. The summed E-state index contributed by atoms with van der Waals surface area (Å²) in [7, 11) is 0. The highest BCUT2D eigenvalue weighted by molar-refractivity contribution is 7.11. The zero-order valence-corrected chi connectivity index (χ0v) is 12.2. The number of hydrogen-bond donors (Lipinski definition) is 1. The predicted octanol–water partition coefficient (Wildman–Crippen LogP) is 2.48. The van der Waals surface area contributed by atoms with Crippen molar-refractivity contribution in [3.8, 4) is 0 Å². The average Bonchev–Trinajstić information content (AvgIpc) is 3.01. The van der Waals surface area contributed by atoms with E-state index in [1.165, 1.54) is 54.4 Å². The molecule has 4 heteroatoms. The van der Waals surface area contributed by atoms with Gasteiger partial charge in [-0.3, -0.25) is 4.90 Å². The van der Waals surface area contributed by atoms with Crippen LogP contribution in [0.2, 0.25) is 0 Å². The fourth-order valence-electron chi connectivity index (χ4n) is 3.32. The van der Waals surface area contributed by atoms with Gasteiger partial charge in [-0.25, -0.2) is 4.98 Å². The molecule has 0 radical (unpaired) electrons. The zero-order valence-electron chi connectivity index (χ0n) is 11.4. The SMILES string of the molecule is Cc1nc(CN2CCCC2C2CCCN2)sc1C. The fraction of sp³-hybridized carbons (Fsp3) is 0.786. The molecule has 0 spiro atoms. The van der Waals surface area contributed by atoms with E-state index in [1.54, 1.807) is 0 Å². The molecule has 3 nitrogen and oxygen atoms in total. The minimum atomic E-state index is 0.731. The van der Waals surface area contributed by atoms with Gasteiger partial charge < -0.3 is 5.32 Å². The Hall–Kier alpha value is -0.450. The molecule has 3 rings (SSSR count). The van der Waals surface area contributed by atoms with Crippen LogP contribution in [0.3, 0.4) is 0 Å². The molecule has 0 aromatic carbocycles. The summed E-state index contributed by atoms with van der Waals surface area (Å²) in [4.78, 5) is 8.72. The lowest BCUT2D eigenvalue weighted by atomic mass is 10.0. The number of thiazole rings is 1. The predicted molar refractivity (Wildman–Crippen MR) is 76.0 cm³/mol. The van der Waals surface area contributed by atoms with E-state index in [9.17, 15) is 0 Å². The number of hydrogen-bond acceptors (Lipinski definition) is 4. The Morgan fingerprint density at radius 3 is 2.89 bits per heavy atom. The van der Waals surface area contributed by atoms with Gasteiger partial charge in [-0.1, -0.05) is 0 Å². The molecule has 0 amide bonds. The molecule has 1 N–H and O–H groups in total. The van der Waals surface area contributed by atoms with Crippen LogP contribution in [0, 0.1) is 13.8 Å². The molecule has 0 saturated carbocycles. The van der Waals surface area contributed by atoms with Gasteiger partial charge in [0.2, 0.25) is 0 Å². The van der Waals surface area contributed by atoms with E-state index >= 15 is 0 Å². The van der Waals surface area contributed by atoms with Crippen molar-refractivity contribution < 1.29 is 0 Å². The van der Waals surface area contributed by atoms with Crippen LogP contribution >= 0.6 is 11.3 Å². The third-order valence-corrected chi connectivity index (χ3v) is 5.45. The van der Waals surface area contributed by atoms with E-state index in [0.717, 1.165) is 18.6 Å². The molecule has 1 aromatic rings. The van der Waals surface area contributed by atoms with Crippen LogP contribution in [0.15, 0.2) is 0 Å². The van der Waals surface area contributed by atoms with Crippen molar-refractivity contribution in [1.29, 1.82) is 0 Å². The van der Waals surface area contributed by atoms with Gasteiger partial charge in [0.1, 0.15) is 5.01 Å². The highest BCUT2D eigenvalue weighted by Crippen LogP contribution is 2.27. The largest absolute Gasteiger partial charge is 0.312 e. The number of nitrogens with one attached hydrogen (secondary N) is 1. The molecule has 2 fully saturated rings. The highest BCUT2D eigenvalue weighted by atomic mass is 32.1. The van der Waals surface area contributed by atoms with Crippen molar-refractivity contribution in [3.63, 3.8) is 0 Å². The number of aromatic nitrogens is 1. The topological polar surface area (TPSA) is 28.2 Å². The molecule has 100 valence electrons. The number of nitrogens with zero attached hydrogens (tertiary/aromatic N) is 2. The minimum Gasteiger partial charge on any atom is -0.312 e. The number of likely N-dealkylation sites (tertiary alicyclic amines) is 1. The van der Waals surface area contributed by atoms with Gasteiger partial charge in [0.15, 0.2) is 0 Å². The van der Waals surface area contributed by atoms with E-state index in [2.05, 4.69) is 24.1 Å². The maximum atomic E-state index is 4.69. The van der Waals surface area contributed by atoms with Crippen LogP contribution in [0.5, 0.6) is 0 Å². The van der Waals surface area contributed by atoms with Crippen molar-refractivity contribution in [3.05, 3.63) is 15.6 Å². The standard InChI is InChI=1S/C14H23N3S/c1-10-11(2)18-14(16-10)9-17-8-4-6-13(17)12-5-3-7-15-12/h12-13,15H,3-9H2,1-2H3. The molecule has 2 saturated heterocycles. The third kappa shape index (κ3) is 2.46. The van der Waals surface area contributed by atoms with Gasteiger partial charge >= 0.3 is 0 Å². The molecule has 2 aliphatic heterocycles. The minimum absolute atomic E-state index is 0.731. The first kappa shape index (κ1) is 12.6. The quantitative estimate of drug-likeness (QED) is 0.910. The van der Waals surface area contributed by atoms with Gasteiger partial charge in [0.25, 0.3) is 0 Å². The Bertz CT molecular complexity index is 390. The Balaban J connectivity index is 1.67. The van der Waals surface area contributed by atoms with E-state index in [1.807, 2.05) is 11.3 Å². The molecule has 3 heterocycles. The summed E-state index contributed by atoms with van der Waals surface area (Å²) in [5, 5.41) is 4.97. The van der Waals surface area contributed by atoms with Crippen LogP contribution in [-0.2, 0) is 6.54 Å². The monoisotopic (exact) mass is 265 g/mol. The third-order valence-electron chi connectivity index (χ3n) is 4.39. The molecule has 0 bridgehead atoms. The zero-order chi connectivity index (χ0) is 12.5. The number of aryl methyl sites for hydroxylation is 2. The summed E-state index contributed by atoms with van der Waals surface area (Å²) in [5.41, 5.74) is 1.21. The van der Waals surface area contributed by atoms with E-state index in [-0.39, 0.29) is 0 Å². The fourth-order valence-corrected chi connectivity index (χ4v) is 4.28. The van der Waals surface area contributed by atoms with Crippen LogP contribution < -0.4 is 5.32 Å². The molecule has 2 aliphatic rings. The van der Waals surface area contributed by atoms with Crippen molar-refractivity contribution >= 4 is 11.3 Å². The van der Waals surface area contributed by atoms with Gasteiger partial charge in [-0.05, 0) is 52.6 Å². The lowest BCUT2D eigenvalue weighted by Gasteiger charge is -2.28. The van der Waals surface area contributed by atoms with Crippen LogP contribution in [0.4, 0.5) is 0 Å². The van der Waals surface area contributed by atoms with Gasteiger partial charge in [-0.2, -0.15) is 0 Å². The Labute approximate surface area is 114 Å². The molecule has 1 aromatic heterocycles. The van der Waals surface area contributed by atoms with Crippen molar-refractivity contribution in [1.82, 2.24) is 15.2 Å². The molecule has 18 heavy (non-hydrogen) atoms. The Morgan fingerprint density at radius 2 is 2.22 bits per heavy atom. The van der Waals surface area contributed by atoms with Gasteiger partial charge in [0, 0.05) is 17.0 Å². The summed E-state index contributed by atoms with van der Waals surface area (Å²) in [6, 6.07) is 1.48. The first-order valence-electron chi connectivity index (χ1n) is 7.14. The van der Waals surface area contributed by atoms with Crippen LogP contribution in [0.1, 0.15) is 41.3 Å². The van der Waals surface area contributed by atoms with Crippen molar-refractivity contribution in [2.24, 2.45) is 0 Å². The lowest BCUT2D eigenvalue weighted by molar-refractivity contribution is 0.206. The molecule has 0 aliphatic carbocycles. The van der Waals surface area contributed by atoms with Crippen molar-refractivity contribution in [2.45, 2.75) is 58.2 Å². The Kier molecular flexibility index (Phi) is 3.68. The first-order chi connectivity index (χ1) is 8.74. The molecule has 2 atom stereocenters. The van der Waals surface area contributed by atoms with E-state index < -0.39 is 0 Å². The highest BCUT2D eigenvalue weighted by Gasteiger charge is 2.33. The van der Waals surface area contributed by atoms with Gasteiger partial charge in [-0.15, -0.1) is 11.3 Å². The first-order valence-corrected chi connectivity index (χ1v) is 7.96. The smallest absolute Gasteiger partial charge is 0.107 e. The molecular weight excluding hydrogens is 242 g/mol. The number of rotatable bonds is 3. The maximum absolute atomic E-state index is 4.69. The molecule has 2 unspecified atom stereocenters. The second-order valence-corrected chi connectivity index (χ2v) is 6.92. The average molecular weight is 265 g/mol. The van der Waals surface area contributed by atoms with Gasteiger partial charge in [0.05, 0.1) is 12.2 Å². The lowest BCUT2D eigenvalue weighted by Crippen LogP contribution is -2.43. The van der Waals surface area contributed by atoms with Crippen LogP contribution in [0.25, 0.3) is 0 Å². The van der Waals surface area contributed by atoms with Crippen LogP contribution in [-0.4, -0.2) is 35.1 Å². The van der Waals surface area contributed by atoms with Crippen molar-refractivity contribution in [2.75, 3.05) is 13.1 Å². The maximum Gasteiger partial charge on any atom is 0.107 e. The normalized spacial score (nSPS) is 29.2. The summed E-state index contributed by atoms with van der Waals surface area (Å²) < 4.78 is 0. The second-order valence-electron chi connectivity index (χ2n) is 5.63. The summed E-state index contributed by atoms with van der Waals surface area (Å²) in [5.74, 6) is 0. The second kappa shape index (κ2) is 5.27.